The average Bonchev–Trinajstić information content (AvgIpc) is 2.21. The first kappa shape index (κ1) is 6.16. The Kier molecular flexibility index (Phi) is 1.20. The van der Waals surface area contributed by atoms with Crippen LogP contribution in [-0.4, -0.2) is 35.4 Å². The second kappa shape index (κ2) is 1.95. The first-order chi connectivity index (χ1) is 4.75. The molecule has 3 heteroatoms. The summed E-state index contributed by atoms with van der Waals surface area (Å²) in [5, 5.41) is 9.08. The molecule has 1 fully saturated rings. The third-order valence-corrected chi connectivity index (χ3v) is 2.05. The van der Waals surface area contributed by atoms with Gasteiger partial charge in [-0.15, -0.1) is 0 Å². The van der Waals surface area contributed by atoms with E-state index < -0.39 is 6.17 Å². The second-order valence-corrected chi connectivity index (χ2v) is 2.93. The van der Waals surface area contributed by atoms with Crippen LogP contribution < -0.4 is 0 Å². The first-order valence-corrected chi connectivity index (χ1v) is 3.53. The third-order valence-electron chi connectivity index (χ3n) is 2.05. The highest BCUT2D eigenvalue weighted by atomic mass is 19.1. The van der Waals surface area contributed by atoms with Gasteiger partial charge in [0.25, 0.3) is 0 Å². The van der Waals surface area contributed by atoms with Crippen molar-refractivity contribution in [3.63, 3.8) is 0 Å². The number of aliphatic hydroxyl groups is 1. The lowest BCUT2D eigenvalue weighted by molar-refractivity contribution is 0.189. The number of nitrogens with zero attached hydrogens (tertiary/aromatic N) is 1. The maximum Gasteiger partial charge on any atom is 0.123 e. The zero-order valence-electron chi connectivity index (χ0n) is 5.63. The molecule has 0 bridgehead atoms. The van der Waals surface area contributed by atoms with E-state index in [0.717, 1.165) is 5.70 Å². The van der Waals surface area contributed by atoms with Crippen LogP contribution in [0.4, 0.5) is 4.39 Å². The van der Waals surface area contributed by atoms with E-state index in [9.17, 15) is 4.39 Å². The van der Waals surface area contributed by atoms with Crippen LogP contribution in [0.25, 0.3) is 0 Å². The minimum absolute atomic E-state index is 0.359. The van der Waals surface area contributed by atoms with Gasteiger partial charge < -0.3 is 10.0 Å². The zero-order chi connectivity index (χ0) is 7.14. The highest BCUT2D eigenvalue weighted by molar-refractivity contribution is 5.17. The van der Waals surface area contributed by atoms with Crippen molar-refractivity contribution in [2.45, 2.75) is 18.7 Å². The Morgan fingerprint density at radius 3 is 3.10 bits per heavy atom. The maximum atomic E-state index is 12.6. The van der Waals surface area contributed by atoms with E-state index in [4.69, 9.17) is 5.11 Å². The van der Waals surface area contributed by atoms with Crippen molar-refractivity contribution in [3.8, 4) is 0 Å². The molecular weight excluding hydrogens is 133 g/mol. The monoisotopic (exact) mass is 143 g/mol. The lowest BCUT2D eigenvalue weighted by Gasteiger charge is -2.12. The van der Waals surface area contributed by atoms with E-state index in [0.29, 0.717) is 19.5 Å². The van der Waals surface area contributed by atoms with Crippen LogP contribution in [0, 0.1) is 0 Å². The number of allylic oxidation sites excluding steroid dienone is 1. The smallest absolute Gasteiger partial charge is 0.123 e. The molecule has 2 nitrogen and oxygen atoms in total. The normalized spacial score (nSPS) is 38.2. The summed E-state index contributed by atoms with van der Waals surface area (Å²) in [4.78, 5) is 1.91. The Morgan fingerprint density at radius 1 is 1.60 bits per heavy atom. The van der Waals surface area contributed by atoms with Gasteiger partial charge in [-0.2, -0.15) is 0 Å². The van der Waals surface area contributed by atoms with E-state index >= 15 is 0 Å². The van der Waals surface area contributed by atoms with Gasteiger partial charge in [0.1, 0.15) is 6.17 Å². The van der Waals surface area contributed by atoms with E-state index in [1.165, 1.54) is 0 Å². The molecule has 10 heavy (non-hydrogen) atoms. The Bertz CT molecular complexity index is 180. The molecule has 1 unspecified atom stereocenters. The molecule has 2 aliphatic rings. The SMILES string of the molecule is OC1C=C2C[C@H](F)CN2C1. The summed E-state index contributed by atoms with van der Waals surface area (Å²) < 4.78 is 12.6. The van der Waals surface area contributed by atoms with Crippen LogP contribution in [0.15, 0.2) is 11.8 Å². The van der Waals surface area contributed by atoms with Gasteiger partial charge in [-0.25, -0.2) is 4.39 Å². The number of hydrogen-bond acceptors (Lipinski definition) is 2. The van der Waals surface area contributed by atoms with Gasteiger partial charge in [0.05, 0.1) is 6.10 Å². The van der Waals surface area contributed by atoms with Crippen molar-refractivity contribution in [2.24, 2.45) is 0 Å². The standard InChI is InChI=1S/C7H10FNO/c8-5-1-6-2-7(10)4-9(6)3-5/h2,5,7,10H,1,3-4H2/t5-,7?/m0/s1. The van der Waals surface area contributed by atoms with Crippen LogP contribution in [0.5, 0.6) is 0 Å². The van der Waals surface area contributed by atoms with Gasteiger partial charge in [0.15, 0.2) is 0 Å². The fraction of sp³-hybridized carbons (Fsp3) is 0.714. The minimum atomic E-state index is -0.709. The molecule has 0 aromatic heterocycles. The van der Waals surface area contributed by atoms with Crippen molar-refractivity contribution in [2.75, 3.05) is 13.1 Å². The number of hydrogen-bond donors (Lipinski definition) is 1. The molecule has 0 amide bonds. The lowest BCUT2D eigenvalue weighted by atomic mass is 10.2. The summed E-state index contributed by atoms with van der Waals surface area (Å²) in [5.74, 6) is 0. The summed E-state index contributed by atoms with van der Waals surface area (Å²) in [6.45, 7) is 1.07. The number of halogens is 1. The molecule has 2 rings (SSSR count). The molecular formula is C7H10FNO. The van der Waals surface area contributed by atoms with E-state index in [1.54, 1.807) is 6.08 Å². The Morgan fingerprint density at radius 2 is 2.40 bits per heavy atom. The van der Waals surface area contributed by atoms with E-state index in [1.807, 2.05) is 4.90 Å². The molecule has 0 radical (unpaired) electrons. The van der Waals surface area contributed by atoms with Crippen LogP contribution in [0.2, 0.25) is 0 Å². The quantitative estimate of drug-likeness (QED) is 0.526. The first-order valence-electron chi connectivity index (χ1n) is 3.53. The van der Waals surface area contributed by atoms with Crippen molar-refractivity contribution in [1.29, 1.82) is 0 Å². The molecule has 0 aromatic rings. The number of fused-ring (bicyclic) bond motifs is 1. The molecule has 2 atom stereocenters. The molecule has 1 saturated heterocycles. The van der Waals surface area contributed by atoms with Gasteiger partial charge in [-0.3, -0.25) is 0 Å². The van der Waals surface area contributed by atoms with Gasteiger partial charge in [0.2, 0.25) is 0 Å². The summed E-state index contributed by atoms with van der Waals surface area (Å²) >= 11 is 0. The van der Waals surface area contributed by atoms with Crippen molar-refractivity contribution < 1.29 is 9.50 Å². The van der Waals surface area contributed by atoms with Gasteiger partial charge in [-0.05, 0) is 6.08 Å². The van der Waals surface area contributed by atoms with Crippen molar-refractivity contribution in [3.05, 3.63) is 11.8 Å². The summed E-state index contributed by atoms with van der Waals surface area (Å²) in [5.41, 5.74) is 0.986. The highest BCUT2D eigenvalue weighted by Crippen LogP contribution is 2.28. The fourth-order valence-corrected chi connectivity index (χ4v) is 1.64. The molecule has 0 saturated carbocycles. The van der Waals surface area contributed by atoms with Crippen LogP contribution in [0.1, 0.15) is 6.42 Å². The average molecular weight is 143 g/mol. The molecule has 0 aromatic carbocycles. The molecule has 0 spiro atoms. The third kappa shape index (κ3) is 0.814. The Hall–Kier alpha value is -0.570. The predicted octanol–water partition coefficient (Wildman–Crippen LogP) is 0.289. The molecule has 56 valence electrons. The summed E-state index contributed by atoms with van der Waals surface area (Å²) in [7, 11) is 0. The van der Waals surface area contributed by atoms with Gasteiger partial charge >= 0.3 is 0 Å². The van der Waals surface area contributed by atoms with Crippen molar-refractivity contribution >= 4 is 0 Å². The second-order valence-electron chi connectivity index (χ2n) is 2.93. The largest absolute Gasteiger partial charge is 0.387 e. The van der Waals surface area contributed by atoms with Gasteiger partial charge in [0, 0.05) is 25.2 Å². The molecule has 0 aliphatic carbocycles. The van der Waals surface area contributed by atoms with Crippen LogP contribution in [0.3, 0.4) is 0 Å². The summed E-state index contributed by atoms with van der Waals surface area (Å²) in [6.07, 6.45) is 1.18. The van der Waals surface area contributed by atoms with E-state index in [2.05, 4.69) is 0 Å². The maximum absolute atomic E-state index is 12.6. The molecule has 1 N–H and O–H groups in total. The van der Waals surface area contributed by atoms with Crippen LogP contribution in [-0.2, 0) is 0 Å². The lowest BCUT2D eigenvalue weighted by Crippen LogP contribution is -2.22. The topological polar surface area (TPSA) is 23.5 Å². The molecule has 2 aliphatic heterocycles. The van der Waals surface area contributed by atoms with E-state index in [-0.39, 0.29) is 6.10 Å². The minimum Gasteiger partial charge on any atom is -0.387 e. The Balaban J connectivity index is 2.14. The highest BCUT2D eigenvalue weighted by Gasteiger charge is 2.31. The Labute approximate surface area is 58.9 Å². The predicted molar refractivity (Wildman–Crippen MR) is 35.2 cm³/mol. The number of aliphatic hydroxyl groups excluding tert-OH is 1. The van der Waals surface area contributed by atoms with Crippen molar-refractivity contribution in [1.82, 2.24) is 4.90 Å². The van der Waals surface area contributed by atoms with Gasteiger partial charge in [-0.1, -0.05) is 0 Å². The summed E-state index contributed by atoms with van der Waals surface area (Å²) in [6, 6.07) is 0. The number of alkyl halides is 1. The molecule has 2 heterocycles. The van der Waals surface area contributed by atoms with Crippen LogP contribution >= 0.6 is 0 Å². The number of rotatable bonds is 0. The zero-order valence-corrected chi connectivity index (χ0v) is 5.63. The fourth-order valence-electron chi connectivity index (χ4n) is 1.64.